The van der Waals surface area contributed by atoms with Crippen LogP contribution in [0.2, 0.25) is 0 Å². The third kappa shape index (κ3) is 7.81. The molecule has 10 heteroatoms. The van der Waals surface area contributed by atoms with Crippen molar-refractivity contribution >= 4 is 27.5 Å². The van der Waals surface area contributed by atoms with Gasteiger partial charge in [-0.1, -0.05) is 36.8 Å². The van der Waals surface area contributed by atoms with Crippen molar-refractivity contribution < 1.29 is 27.1 Å². The molecule has 1 atom stereocenters. The smallest absolute Gasteiger partial charge is 0.264 e. The van der Waals surface area contributed by atoms with Gasteiger partial charge in [0.2, 0.25) is 11.8 Å². The highest BCUT2D eigenvalue weighted by Crippen LogP contribution is 2.26. The van der Waals surface area contributed by atoms with Crippen LogP contribution >= 0.6 is 0 Å². The fourth-order valence-electron chi connectivity index (χ4n) is 4.01. The Labute approximate surface area is 235 Å². The minimum Gasteiger partial charge on any atom is -0.494 e. The SMILES string of the molecule is CCCNC(=O)C(C)N(Cc1ccc(F)cc1)C(=O)CN(c1ccc(C)cc1)S(=O)(=O)c1ccc(OCC)cc1. The van der Waals surface area contributed by atoms with Crippen LogP contribution in [0.4, 0.5) is 10.1 Å². The Morgan fingerprint density at radius 1 is 0.950 bits per heavy atom. The van der Waals surface area contributed by atoms with Crippen LogP contribution in [0, 0.1) is 12.7 Å². The molecular weight excluding hydrogens is 533 g/mol. The summed E-state index contributed by atoms with van der Waals surface area (Å²) in [6.45, 7) is 7.52. The van der Waals surface area contributed by atoms with Crippen LogP contribution in [0.25, 0.3) is 0 Å². The quantitative estimate of drug-likeness (QED) is 0.323. The number of carbonyl (C=O) groups is 2. The largest absolute Gasteiger partial charge is 0.494 e. The molecule has 3 aromatic rings. The summed E-state index contributed by atoms with van der Waals surface area (Å²) in [5, 5.41) is 2.79. The van der Waals surface area contributed by atoms with Gasteiger partial charge in [-0.15, -0.1) is 0 Å². The predicted octanol–water partition coefficient (Wildman–Crippen LogP) is 4.67. The van der Waals surface area contributed by atoms with Crippen molar-refractivity contribution in [2.24, 2.45) is 0 Å². The van der Waals surface area contributed by atoms with Gasteiger partial charge in [-0.3, -0.25) is 13.9 Å². The molecular formula is C30H36FN3O5S. The van der Waals surface area contributed by atoms with E-state index in [0.717, 1.165) is 9.87 Å². The van der Waals surface area contributed by atoms with E-state index in [1.165, 1.54) is 41.3 Å². The Hall–Kier alpha value is -3.92. The minimum atomic E-state index is -4.19. The van der Waals surface area contributed by atoms with Crippen molar-refractivity contribution in [3.8, 4) is 5.75 Å². The van der Waals surface area contributed by atoms with Crippen LogP contribution in [0.5, 0.6) is 5.75 Å². The number of benzene rings is 3. The van der Waals surface area contributed by atoms with E-state index >= 15 is 0 Å². The van der Waals surface area contributed by atoms with Gasteiger partial charge in [0, 0.05) is 13.1 Å². The molecule has 40 heavy (non-hydrogen) atoms. The first-order valence-corrected chi connectivity index (χ1v) is 14.6. The molecule has 2 amide bonds. The lowest BCUT2D eigenvalue weighted by atomic mass is 10.1. The standard InChI is InChI=1S/C30H36FN3O5S/c1-5-19-32-30(36)23(4)33(20-24-9-11-25(31)12-10-24)29(35)21-34(26-13-7-22(3)8-14-26)40(37,38)28-17-15-27(16-18-28)39-6-2/h7-18,23H,5-6,19-21H2,1-4H3,(H,32,36). The van der Waals surface area contributed by atoms with E-state index in [1.807, 2.05) is 20.8 Å². The van der Waals surface area contributed by atoms with Crippen LogP contribution in [-0.4, -0.2) is 50.9 Å². The third-order valence-corrected chi connectivity index (χ3v) is 8.09. The first-order chi connectivity index (χ1) is 19.1. The number of ether oxygens (including phenoxy) is 1. The summed E-state index contributed by atoms with van der Waals surface area (Å²) >= 11 is 0. The summed E-state index contributed by atoms with van der Waals surface area (Å²) < 4.78 is 47.8. The van der Waals surface area contributed by atoms with Gasteiger partial charge in [0.15, 0.2) is 0 Å². The van der Waals surface area contributed by atoms with E-state index in [1.54, 1.807) is 43.3 Å². The van der Waals surface area contributed by atoms with Gasteiger partial charge in [0.25, 0.3) is 10.0 Å². The zero-order chi connectivity index (χ0) is 29.3. The van der Waals surface area contributed by atoms with Gasteiger partial charge in [-0.05, 0) is 81.3 Å². The van der Waals surface area contributed by atoms with Crippen LogP contribution in [-0.2, 0) is 26.2 Å². The zero-order valence-electron chi connectivity index (χ0n) is 23.3. The van der Waals surface area contributed by atoms with E-state index in [9.17, 15) is 22.4 Å². The maximum Gasteiger partial charge on any atom is 0.264 e. The van der Waals surface area contributed by atoms with E-state index in [2.05, 4.69) is 5.32 Å². The van der Waals surface area contributed by atoms with Crippen LogP contribution in [0.1, 0.15) is 38.3 Å². The third-order valence-electron chi connectivity index (χ3n) is 6.31. The average Bonchev–Trinajstić information content (AvgIpc) is 2.94. The maximum atomic E-state index is 13.9. The second-order valence-electron chi connectivity index (χ2n) is 9.37. The van der Waals surface area contributed by atoms with Gasteiger partial charge < -0.3 is 15.0 Å². The van der Waals surface area contributed by atoms with Gasteiger partial charge in [0.1, 0.15) is 24.2 Å². The Kier molecular flexibility index (Phi) is 10.7. The molecule has 0 aliphatic heterocycles. The van der Waals surface area contributed by atoms with E-state index in [-0.39, 0.29) is 17.3 Å². The second-order valence-corrected chi connectivity index (χ2v) is 11.2. The maximum absolute atomic E-state index is 13.9. The van der Waals surface area contributed by atoms with Gasteiger partial charge >= 0.3 is 0 Å². The molecule has 214 valence electrons. The molecule has 0 spiro atoms. The van der Waals surface area contributed by atoms with Crippen LogP contribution < -0.4 is 14.4 Å². The Bertz CT molecular complexity index is 1380. The van der Waals surface area contributed by atoms with Crippen LogP contribution in [0.15, 0.2) is 77.7 Å². The molecule has 0 aromatic heterocycles. The van der Waals surface area contributed by atoms with Crippen molar-refractivity contribution in [3.63, 3.8) is 0 Å². The number of aryl methyl sites for hydroxylation is 1. The molecule has 3 aromatic carbocycles. The Balaban J connectivity index is 2.00. The summed E-state index contributed by atoms with van der Waals surface area (Å²) in [4.78, 5) is 28.0. The lowest BCUT2D eigenvalue weighted by Crippen LogP contribution is -2.51. The van der Waals surface area contributed by atoms with E-state index in [0.29, 0.717) is 36.6 Å². The van der Waals surface area contributed by atoms with Gasteiger partial charge in [-0.2, -0.15) is 0 Å². The molecule has 0 fully saturated rings. The number of carbonyl (C=O) groups excluding carboxylic acids is 2. The molecule has 8 nitrogen and oxygen atoms in total. The monoisotopic (exact) mass is 569 g/mol. The highest BCUT2D eigenvalue weighted by atomic mass is 32.2. The van der Waals surface area contributed by atoms with Crippen LogP contribution in [0.3, 0.4) is 0 Å². The number of amides is 2. The van der Waals surface area contributed by atoms with Crippen molar-refractivity contribution in [2.75, 3.05) is 24.0 Å². The van der Waals surface area contributed by atoms with E-state index in [4.69, 9.17) is 4.74 Å². The van der Waals surface area contributed by atoms with Gasteiger partial charge in [0.05, 0.1) is 17.2 Å². The summed E-state index contributed by atoms with van der Waals surface area (Å²) in [5.41, 5.74) is 1.83. The summed E-state index contributed by atoms with van der Waals surface area (Å²) in [6.07, 6.45) is 0.714. The van der Waals surface area contributed by atoms with Crippen molar-refractivity contribution in [2.45, 2.75) is 51.6 Å². The zero-order valence-corrected chi connectivity index (χ0v) is 24.1. The first kappa shape index (κ1) is 30.6. The molecule has 0 saturated carbocycles. The second kappa shape index (κ2) is 13.9. The average molecular weight is 570 g/mol. The molecule has 0 radical (unpaired) electrons. The topological polar surface area (TPSA) is 96.0 Å². The first-order valence-electron chi connectivity index (χ1n) is 13.2. The normalized spacial score (nSPS) is 11.9. The molecule has 0 aliphatic rings. The minimum absolute atomic E-state index is 0.00926. The lowest BCUT2D eigenvalue weighted by Gasteiger charge is -2.32. The highest BCUT2D eigenvalue weighted by Gasteiger charge is 2.32. The molecule has 0 saturated heterocycles. The molecule has 3 rings (SSSR count). The number of anilines is 1. The number of sulfonamides is 1. The number of nitrogens with zero attached hydrogens (tertiary/aromatic N) is 2. The van der Waals surface area contributed by atoms with Crippen molar-refractivity contribution in [1.29, 1.82) is 0 Å². The lowest BCUT2D eigenvalue weighted by molar-refractivity contribution is -0.139. The molecule has 0 heterocycles. The van der Waals surface area contributed by atoms with E-state index < -0.39 is 34.3 Å². The summed E-state index contributed by atoms with van der Waals surface area (Å²) in [6, 6.07) is 17.5. The van der Waals surface area contributed by atoms with Crippen molar-refractivity contribution in [3.05, 3.63) is 89.7 Å². The number of rotatable bonds is 13. The summed E-state index contributed by atoms with van der Waals surface area (Å²) in [5.74, 6) is -0.855. The van der Waals surface area contributed by atoms with Crippen molar-refractivity contribution in [1.82, 2.24) is 10.2 Å². The molecule has 1 N–H and O–H groups in total. The fraction of sp³-hybridized carbons (Fsp3) is 0.333. The molecule has 0 aliphatic carbocycles. The van der Waals surface area contributed by atoms with Gasteiger partial charge in [-0.25, -0.2) is 12.8 Å². The molecule has 1 unspecified atom stereocenters. The predicted molar refractivity (Wildman–Crippen MR) is 153 cm³/mol. The fourth-order valence-corrected chi connectivity index (χ4v) is 5.42. The number of hydrogen-bond donors (Lipinski definition) is 1. The summed E-state index contributed by atoms with van der Waals surface area (Å²) in [7, 11) is -4.19. The number of nitrogens with one attached hydrogen (secondary N) is 1. The Morgan fingerprint density at radius 3 is 2.15 bits per heavy atom. The molecule has 0 bridgehead atoms. The number of halogens is 1. The Morgan fingerprint density at radius 2 is 1.57 bits per heavy atom. The number of hydrogen-bond acceptors (Lipinski definition) is 5. The highest BCUT2D eigenvalue weighted by molar-refractivity contribution is 7.92.